The number of carbonyl (C=O) groups excluding carboxylic acids is 3. The van der Waals surface area contributed by atoms with E-state index in [-0.39, 0.29) is 6.42 Å². The Hall–Kier alpha value is -3.03. The minimum absolute atomic E-state index is 0.00877. The summed E-state index contributed by atoms with van der Waals surface area (Å²) in [4.78, 5) is 55.2. The van der Waals surface area contributed by atoms with Gasteiger partial charge in [-0.2, -0.15) is 0 Å². The highest BCUT2D eigenvalue weighted by Crippen LogP contribution is 2.04. The SMILES string of the molecule is NCCCCC(N)C(=O)NC(CCCCN)C(=O)NCC(=O)NC(Cc1cnc[nH]1)C(=O)O. The van der Waals surface area contributed by atoms with E-state index in [9.17, 15) is 24.3 Å². The van der Waals surface area contributed by atoms with Crippen molar-refractivity contribution in [3.63, 3.8) is 0 Å². The average Bonchev–Trinajstić information content (AvgIpc) is 3.29. The number of unbranched alkanes of at least 4 members (excludes halogenated alkanes) is 2. The van der Waals surface area contributed by atoms with Crippen molar-refractivity contribution in [1.82, 2.24) is 25.9 Å². The number of nitrogens with one attached hydrogen (secondary N) is 4. The highest BCUT2D eigenvalue weighted by Gasteiger charge is 2.25. The lowest BCUT2D eigenvalue weighted by molar-refractivity contribution is -0.141. The van der Waals surface area contributed by atoms with Gasteiger partial charge in [-0.25, -0.2) is 9.78 Å². The summed E-state index contributed by atoms with van der Waals surface area (Å²) >= 11 is 0. The van der Waals surface area contributed by atoms with Crippen molar-refractivity contribution in [2.75, 3.05) is 19.6 Å². The van der Waals surface area contributed by atoms with Gasteiger partial charge < -0.3 is 43.2 Å². The summed E-state index contributed by atoms with van der Waals surface area (Å²) in [5.41, 5.74) is 17.4. The number of amides is 3. The van der Waals surface area contributed by atoms with E-state index in [0.717, 1.165) is 6.42 Å². The summed E-state index contributed by atoms with van der Waals surface area (Å²) in [6.07, 6.45) is 6.32. The van der Waals surface area contributed by atoms with Crippen LogP contribution in [-0.2, 0) is 25.6 Å². The molecule has 0 saturated carbocycles. The number of nitrogens with two attached hydrogens (primary N) is 3. The molecule has 1 rings (SSSR count). The maximum atomic E-state index is 12.6. The van der Waals surface area contributed by atoms with Gasteiger partial charge in [0, 0.05) is 18.3 Å². The lowest BCUT2D eigenvalue weighted by Gasteiger charge is -2.21. The number of aromatic nitrogens is 2. The van der Waals surface area contributed by atoms with Gasteiger partial charge in [-0.1, -0.05) is 6.42 Å². The molecule has 3 unspecified atom stereocenters. The molecule has 0 radical (unpaired) electrons. The molecule has 0 aliphatic heterocycles. The largest absolute Gasteiger partial charge is 0.480 e. The summed E-state index contributed by atoms with van der Waals surface area (Å²) < 4.78 is 0. The molecule has 1 aromatic rings. The first-order chi connectivity index (χ1) is 15.8. The summed E-state index contributed by atoms with van der Waals surface area (Å²) in [6, 6.07) is -2.86. The Morgan fingerprint density at radius 2 is 1.64 bits per heavy atom. The second-order valence-electron chi connectivity index (χ2n) is 7.69. The van der Waals surface area contributed by atoms with Gasteiger partial charge in [0.15, 0.2) is 0 Å². The quantitative estimate of drug-likeness (QED) is 0.115. The van der Waals surface area contributed by atoms with E-state index in [0.29, 0.717) is 50.9 Å². The van der Waals surface area contributed by atoms with Crippen LogP contribution in [0.4, 0.5) is 0 Å². The van der Waals surface area contributed by atoms with Crippen LogP contribution in [0, 0.1) is 0 Å². The molecule has 11 N–H and O–H groups in total. The second kappa shape index (κ2) is 15.7. The van der Waals surface area contributed by atoms with Crippen LogP contribution in [-0.4, -0.2) is 76.5 Å². The first kappa shape index (κ1) is 28.0. The Morgan fingerprint density at radius 3 is 2.21 bits per heavy atom. The maximum absolute atomic E-state index is 12.6. The summed E-state index contributed by atoms with van der Waals surface area (Å²) in [5, 5.41) is 16.7. The summed E-state index contributed by atoms with van der Waals surface area (Å²) in [7, 11) is 0. The standard InChI is InChI=1S/C20H36N8O5/c21-7-3-1-5-14(23)18(30)28-15(6-2-4-8-22)19(31)25-11-17(29)27-16(20(32)33)9-13-10-24-12-26-13/h10,12,14-16H,1-9,11,21-23H2,(H,24,26)(H,25,31)(H,27,29)(H,28,30)(H,32,33). The number of imidazole rings is 1. The minimum atomic E-state index is -1.22. The lowest BCUT2D eigenvalue weighted by Crippen LogP contribution is -2.53. The third-order valence-corrected chi connectivity index (χ3v) is 4.92. The number of carbonyl (C=O) groups is 4. The van der Waals surface area contributed by atoms with Gasteiger partial charge in [0.2, 0.25) is 17.7 Å². The van der Waals surface area contributed by atoms with Crippen molar-refractivity contribution in [3.05, 3.63) is 18.2 Å². The number of carboxylic acids is 1. The van der Waals surface area contributed by atoms with Crippen LogP contribution >= 0.6 is 0 Å². The van der Waals surface area contributed by atoms with Gasteiger partial charge in [0.1, 0.15) is 12.1 Å². The van der Waals surface area contributed by atoms with Gasteiger partial charge in [0.25, 0.3) is 0 Å². The number of hydrogen-bond donors (Lipinski definition) is 8. The Kier molecular flexibility index (Phi) is 13.3. The van der Waals surface area contributed by atoms with Crippen LogP contribution < -0.4 is 33.2 Å². The number of nitrogens with zero attached hydrogens (tertiary/aromatic N) is 1. The van der Waals surface area contributed by atoms with E-state index in [1.165, 1.54) is 12.5 Å². The fourth-order valence-electron chi connectivity index (χ4n) is 3.03. The lowest BCUT2D eigenvalue weighted by atomic mass is 10.1. The summed E-state index contributed by atoms with van der Waals surface area (Å²) in [6.45, 7) is 0.499. The third-order valence-electron chi connectivity index (χ3n) is 4.92. The van der Waals surface area contributed by atoms with Crippen LogP contribution in [0.5, 0.6) is 0 Å². The fourth-order valence-corrected chi connectivity index (χ4v) is 3.03. The zero-order chi connectivity index (χ0) is 24.6. The zero-order valence-electron chi connectivity index (χ0n) is 18.7. The van der Waals surface area contributed by atoms with Crippen molar-refractivity contribution < 1.29 is 24.3 Å². The van der Waals surface area contributed by atoms with Crippen molar-refractivity contribution in [3.8, 4) is 0 Å². The highest BCUT2D eigenvalue weighted by atomic mass is 16.4. The molecule has 0 aromatic carbocycles. The van der Waals surface area contributed by atoms with Gasteiger partial charge >= 0.3 is 5.97 Å². The highest BCUT2D eigenvalue weighted by molar-refractivity contribution is 5.92. The van der Waals surface area contributed by atoms with E-state index in [1.807, 2.05) is 0 Å². The smallest absolute Gasteiger partial charge is 0.326 e. The minimum Gasteiger partial charge on any atom is -0.480 e. The number of aliphatic carboxylic acids is 1. The third kappa shape index (κ3) is 11.4. The van der Waals surface area contributed by atoms with E-state index < -0.39 is 48.4 Å². The number of aromatic amines is 1. The van der Waals surface area contributed by atoms with Gasteiger partial charge in [0.05, 0.1) is 18.9 Å². The molecule has 3 amide bonds. The molecule has 1 aromatic heterocycles. The molecule has 0 bridgehead atoms. The molecule has 1 heterocycles. The monoisotopic (exact) mass is 468 g/mol. The van der Waals surface area contributed by atoms with Crippen LogP contribution in [0.1, 0.15) is 44.2 Å². The Labute approximate surface area is 192 Å². The molecule has 186 valence electrons. The number of rotatable bonds is 17. The van der Waals surface area contributed by atoms with E-state index in [2.05, 4.69) is 25.9 Å². The molecule has 3 atom stereocenters. The van der Waals surface area contributed by atoms with Crippen LogP contribution in [0.25, 0.3) is 0 Å². The van der Waals surface area contributed by atoms with E-state index in [1.54, 1.807) is 0 Å². The number of H-pyrrole nitrogens is 1. The molecule has 13 nitrogen and oxygen atoms in total. The molecular formula is C20H36N8O5. The van der Waals surface area contributed by atoms with Crippen LogP contribution in [0.2, 0.25) is 0 Å². The molecule has 0 spiro atoms. The Bertz CT molecular complexity index is 743. The van der Waals surface area contributed by atoms with Crippen LogP contribution in [0.3, 0.4) is 0 Å². The van der Waals surface area contributed by atoms with Crippen molar-refractivity contribution >= 4 is 23.7 Å². The molecular weight excluding hydrogens is 432 g/mol. The van der Waals surface area contributed by atoms with Gasteiger partial charge in [-0.15, -0.1) is 0 Å². The van der Waals surface area contributed by atoms with Gasteiger partial charge in [-0.05, 0) is 45.2 Å². The predicted octanol–water partition coefficient (Wildman–Crippen LogP) is -2.29. The fraction of sp³-hybridized carbons (Fsp3) is 0.650. The van der Waals surface area contributed by atoms with Crippen molar-refractivity contribution in [2.24, 2.45) is 17.2 Å². The molecule has 13 heteroatoms. The van der Waals surface area contributed by atoms with Crippen molar-refractivity contribution in [2.45, 2.75) is 63.1 Å². The van der Waals surface area contributed by atoms with E-state index in [4.69, 9.17) is 17.2 Å². The predicted molar refractivity (Wildman–Crippen MR) is 121 cm³/mol. The molecule has 0 fully saturated rings. The Morgan fingerprint density at radius 1 is 0.970 bits per heavy atom. The van der Waals surface area contributed by atoms with Gasteiger partial charge in [-0.3, -0.25) is 14.4 Å². The first-order valence-corrected chi connectivity index (χ1v) is 11.0. The first-order valence-electron chi connectivity index (χ1n) is 11.0. The molecule has 0 saturated heterocycles. The number of carboxylic acid groups (broad SMARTS) is 1. The number of hydrogen-bond acceptors (Lipinski definition) is 8. The van der Waals surface area contributed by atoms with Crippen molar-refractivity contribution in [1.29, 1.82) is 0 Å². The van der Waals surface area contributed by atoms with E-state index >= 15 is 0 Å². The summed E-state index contributed by atoms with van der Waals surface area (Å²) in [5.74, 6) is -2.93. The topological polar surface area (TPSA) is 231 Å². The average molecular weight is 469 g/mol. The second-order valence-corrected chi connectivity index (χ2v) is 7.69. The van der Waals surface area contributed by atoms with Crippen LogP contribution in [0.15, 0.2) is 12.5 Å². The Balaban J connectivity index is 2.60. The molecule has 0 aliphatic carbocycles. The normalized spacial score (nSPS) is 13.5. The molecule has 0 aliphatic rings. The zero-order valence-corrected chi connectivity index (χ0v) is 18.7. The maximum Gasteiger partial charge on any atom is 0.326 e. The molecule has 33 heavy (non-hydrogen) atoms.